The molecule has 0 amide bonds. The fourth-order valence-electron chi connectivity index (χ4n) is 1.70. The average Bonchev–Trinajstić information content (AvgIpc) is 2.12. The zero-order valence-corrected chi connectivity index (χ0v) is 9.66. The molecule has 2 heteroatoms. The van der Waals surface area contributed by atoms with E-state index in [2.05, 4.69) is 18.2 Å². The third kappa shape index (κ3) is 4.96. The summed E-state index contributed by atoms with van der Waals surface area (Å²) >= 11 is 0. The van der Waals surface area contributed by atoms with Gasteiger partial charge in [-0.15, -0.1) is 0 Å². The highest BCUT2D eigenvalue weighted by Gasteiger charge is 2.13. The lowest BCUT2D eigenvalue weighted by molar-refractivity contribution is 0.0810. The Bertz CT molecular complexity index is 302. The molecule has 0 unspecified atom stereocenters. The molecule has 0 aliphatic rings. The van der Waals surface area contributed by atoms with Gasteiger partial charge in [0.1, 0.15) is 0 Å². The van der Waals surface area contributed by atoms with Crippen molar-refractivity contribution < 1.29 is 5.11 Å². The summed E-state index contributed by atoms with van der Waals surface area (Å²) in [6, 6.07) is 8.38. The molecule has 0 aromatic heterocycles. The first-order chi connectivity index (χ1) is 7.01. The topological polar surface area (TPSA) is 46.2 Å². The molecular formula is C13H21NO. The molecule has 0 atom stereocenters. The lowest BCUT2D eigenvalue weighted by atomic mass is 9.96. The minimum Gasteiger partial charge on any atom is -0.390 e. The van der Waals surface area contributed by atoms with Gasteiger partial charge in [-0.25, -0.2) is 0 Å². The maximum atomic E-state index is 9.72. The second-order valence-electron chi connectivity index (χ2n) is 4.70. The van der Waals surface area contributed by atoms with Crippen molar-refractivity contribution in [1.82, 2.24) is 0 Å². The van der Waals surface area contributed by atoms with Crippen LogP contribution in [0.1, 0.15) is 31.4 Å². The Kier molecular flexibility index (Phi) is 4.30. The summed E-state index contributed by atoms with van der Waals surface area (Å²) in [5.41, 5.74) is 7.34. The summed E-state index contributed by atoms with van der Waals surface area (Å²) in [6.07, 6.45) is 2.74. The molecule has 2 nitrogen and oxygen atoms in total. The van der Waals surface area contributed by atoms with E-state index in [1.165, 1.54) is 11.1 Å². The van der Waals surface area contributed by atoms with Gasteiger partial charge in [0.25, 0.3) is 0 Å². The molecule has 0 bridgehead atoms. The molecule has 1 aromatic carbocycles. The fourth-order valence-corrected chi connectivity index (χ4v) is 1.70. The van der Waals surface area contributed by atoms with E-state index >= 15 is 0 Å². The van der Waals surface area contributed by atoms with Gasteiger partial charge in [0.15, 0.2) is 0 Å². The second kappa shape index (κ2) is 5.29. The first-order valence-corrected chi connectivity index (χ1v) is 5.51. The Balaban J connectivity index is 2.66. The number of nitrogens with two attached hydrogens (primary N) is 1. The molecule has 0 aliphatic carbocycles. The van der Waals surface area contributed by atoms with Gasteiger partial charge in [-0.05, 0) is 44.4 Å². The number of benzene rings is 1. The van der Waals surface area contributed by atoms with Gasteiger partial charge in [-0.1, -0.05) is 24.3 Å². The molecule has 1 rings (SSSR count). The van der Waals surface area contributed by atoms with Gasteiger partial charge in [-0.3, -0.25) is 0 Å². The first-order valence-electron chi connectivity index (χ1n) is 5.51. The molecular weight excluding hydrogens is 186 g/mol. The minimum absolute atomic E-state index is 0.632. The summed E-state index contributed by atoms with van der Waals surface area (Å²) in [5.74, 6) is 0. The van der Waals surface area contributed by atoms with Crippen molar-refractivity contribution in [2.24, 2.45) is 5.73 Å². The zero-order chi connectivity index (χ0) is 11.3. The maximum absolute atomic E-state index is 9.72. The minimum atomic E-state index is -0.632. The Morgan fingerprint density at radius 2 is 1.93 bits per heavy atom. The summed E-state index contributed by atoms with van der Waals surface area (Å²) in [6.45, 7) is 4.40. The largest absolute Gasteiger partial charge is 0.390 e. The first kappa shape index (κ1) is 12.2. The van der Waals surface area contributed by atoms with Crippen LogP contribution < -0.4 is 5.73 Å². The third-order valence-electron chi connectivity index (χ3n) is 2.30. The zero-order valence-electron chi connectivity index (χ0n) is 9.66. The Labute approximate surface area is 92.1 Å². The number of hydrogen-bond donors (Lipinski definition) is 2. The highest BCUT2D eigenvalue weighted by atomic mass is 16.3. The predicted molar refractivity (Wildman–Crippen MR) is 63.8 cm³/mol. The van der Waals surface area contributed by atoms with Crippen molar-refractivity contribution in [2.45, 2.75) is 38.7 Å². The highest BCUT2D eigenvalue weighted by molar-refractivity contribution is 5.24. The van der Waals surface area contributed by atoms with Crippen molar-refractivity contribution in [3.05, 3.63) is 35.4 Å². The van der Waals surface area contributed by atoms with E-state index in [-0.39, 0.29) is 0 Å². The molecule has 3 N–H and O–H groups in total. The van der Waals surface area contributed by atoms with E-state index in [9.17, 15) is 5.11 Å². The number of aliphatic hydroxyl groups is 1. The van der Waals surface area contributed by atoms with Crippen LogP contribution in [0.3, 0.4) is 0 Å². The average molecular weight is 207 g/mol. The van der Waals surface area contributed by atoms with Gasteiger partial charge in [0.2, 0.25) is 0 Å². The van der Waals surface area contributed by atoms with E-state index in [4.69, 9.17) is 5.73 Å². The van der Waals surface area contributed by atoms with Crippen molar-refractivity contribution >= 4 is 0 Å². The molecule has 15 heavy (non-hydrogen) atoms. The van der Waals surface area contributed by atoms with Crippen molar-refractivity contribution in [3.63, 3.8) is 0 Å². The van der Waals surface area contributed by atoms with Gasteiger partial charge >= 0.3 is 0 Å². The molecule has 84 valence electrons. The fraction of sp³-hybridized carbons (Fsp3) is 0.538. The molecule has 0 radical (unpaired) electrons. The van der Waals surface area contributed by atoms with E-state index < -0.39 is 5.60 Å². The lowest BCUT2D eigenvalue weighted by Crippen LogP contribution is -2.21. The van der Waals surface area contributed by atoms with E-state index in [0.29, 0.717) is 6.42 Å². The van der Waals surface area contributed by atoms with Gasteiger partial charge < -0.3 is 10.8 Å². The molecule has 1 aromatic rings. The summed E-state index contributed by atoms with van der Waals surface area (Å²) in [4.78, 5) is 0. The Morgan fingerprint density at radius 1 is 1.27 bits per heavy atom. The SMILES string of the molecule is CC(C)(O)Cc1cccc(CCCN)c1. The van der Waals surface area contributed by atoms with Crippen molar-refractivity contribution in [2.75, 3.05) is 6.54 Å². The molecule has 0 fully saturated rings. The van der Waals surface area contributed by atoms with Crippen LogP contribution in [0.25, 0.3) is 0 Å². The summed E-state index contributed by atoms with van der Waals surface area (Å²) < 4.78 is 0. The molecule has 0 saturated heterocycles. The smallest absolute Gasteiger partial charge is 0.0631 e. The van der Waals surface area contributed by atoms with E-state index in [1.54, 1.807) is 0 Å². The summed E-state index contributed by atoms with van der Waals surface area (Å²) in [5, 5.41) is 9.72. The maximum Gasteiger partial charge on any atom is 0.0631 e. The number of aryl methyl sites for hydroxylation is 1. The van der Waals surface area contributed by atoms with Gasteiger partial charge in [0.05, 0.1) is 5.60 Å². The van der Waals surface area contributed by atoms with Gasteiger partial charge in [-0.2, -0.15) is 0 Å². The number of rotatable bonds is 5. The standard InChI is InChI=1S/C13H21NO/c1-13(2,15)10-12-6-3-5-11(9-12)7-4-8-14/h3,5-6,9,15H,4,7-8,10,14H2,1-2H3. The molecule has 0 saturated carbocycles. The second-order valence-corrected chi connectivity index (χ2v) is 4.70. The predicted octanol–water partition coefficient (Wildman–Crippen LogP) is 1.89. The van der Waals surface area contributed by atoms with Crippen LogP contribution in [0.5, 0.6) is 0 Å². The quantitative estimate of drug-likeness (QED) is 0.774. The summed E-state index contributed by atoms with van der Waals surface area (Å²) in [7, 11) is 0. The van der Waals surface area contributed by atoms with Crippen LogP contribution in [0.4, 0.5) is 0 Å². The van der Waals surface area contributed by atoms with Crippen molar-refractivity contribution in [1.29, 1.82) is 0 Å². The monoisotopic (exact) mass is 207 g/mol. The Hall–Kier alpha value is -0.860. The van der Waals surface area contributed by atoms with E-state index in [1.807, 2.05) is 19.9 Å². The van der Waals surface area contributed by atoms with E-state index in [0.717, 1.165) is 19.4 Å². The highest BCUT2D eigenvalue weighted by Crippen LogP contribution is 2.14. The van der Waals surface area contributed by atoms with Crippen LogP contribution in [-0.4, -0.2) is 17.3 Å². The van der Waals surface area contributed by atoms with Crippen LogP contribution >= 0.6 is 0 Å². The van der Waals surface area contributed by atoms with Crippen molar-refractivity contribution in [3.8, 4) is 0 Å². The van der Waals surface area contributed by atoms with Crippen LogP contribution in [0.2, 0.25) is 0 Å². The van der Waals surface area contributed by atoms with Crippen LogP contribution in [-0.2, 0) is 12.8 Å². The third-order valence-corrected chi connectivity index (χ3v) is 2.30. The molecule has 0 aliphatic heterocycles. The molecule has 0 spiro atoms. The van der Waals surface area contributed by atoms with Gasteiger partial charge in [0, 0.05) is 6.42 Å². The number of hydrogen-bond acceptors (Lipinski definition) is 2. The normalized spacial score (nSPS) is 11.7. The van der Waals surface area contributed by atoms with Crippen LogP contribution in [0, 0.1) is 0 Å². The molecule has 0 heterocycles. The Morgan fingerprint density at radius 3 is 2.53 bits per heavy atom. The lowest BCUT2D eigenvalue weighted by Gasteiger charge is -2.17. The van der Waals surface area contributed by atoms with Crippen LogP contribution in [0.15, 0.2) is 24.3 Å².